The van der Waals surface area contributed by atoms with E-state index in [4.69, 9.17) is 4.74 Å². The predicted molar refractivity (Wildman–Crippen MR) is 122 cm³/mol. The van der Waals surface area contributed by atoms with Gasteiger partial charge in [0.1, 0.15) is 34.8 Å². The minimum absolute atomic E-state index is 0.00263. The fraction of sp³-hybridized carbons (Fsp3) is 0.0714. The van der Waals surface area contributed by atoms with Crippen molar-refractivity contribution in [3.8, 4) is 16.9 Å². The SMILES string of the molecule is COc1cc(F)c(Cc2c3cc(F)ccc3c(-c3ccc(F)cc3F)c3cc(F)c(F)cc23)c(F)c1. The summed E-state index contributed by atoms with van der Waals surface area (Å²) in [5.41, 5.74) is -0.408. The summed E-state index contributed by atoms with van der Waals surface area (Å²) in [7, 11) is 1.24. The fourth-order valence-electron chi connectivity index (χ4n) is 4.49. The molecule has 0 aliphatic rings. The van der Waals surface area contributed by atoms with Crippen LogP contribution >= 0.6 is 0 Å². The van der Waals surface area contributed by atoms with Crippen LogP contribution in [0.3, 0.4) is 0 Å². The highest BCUT2D eigenvalue weighted by Crippen LogP contribution is 2.42. The van der Waals surface area contributed by atoms with Gasteiger partial charge in [-0.15, -0.1) is 0 Å². The van der Waals surface area contributed by atoms with Crippen LogP contribution in [0.25, 0.3) is 32.7 Å². The topological polar surface area (TPSA) is 9.23 Å². The molecule has 36 heavy (non-hydrogen) atoms. The Morgan fingerprint density at radius 3 is 1.75 bits per heavy atom. The van der Waals surface area contributed by atoms with Crippen LogP contribution in [0.4, 0.5) is 30.7 Å². The van der Waals surface area contributed by atoms with Gasteiger partial charge < -0.3 is 4.74 Å². The molecule has 8 heteroatoms. The molecule has 0 radical (unpaired) electrons. The number of fused-ring (bicyclic) bond motifs is 2. The van der Waals surface area contributed by atoms with Crippen molar-refractivity contribution in [3.05, 3.63) is 113 Å². The summed E-state index contributed by atoms with van der Waals surface area (Å²) in [6.45, 7) is 0. The van der Waals surface area contributed by atoms with E-state index < -0.39 is 52.7 Å². The van der Waals surface area contributed by atoms with Crippen LogP contribution in [-0.2, 0) is 6.42 Å². The molecule has 5 rings (SSSR count). The van der Waals surface area contributed by atoms with E-state index in [1.54, 1.807) is 0 Å². The Morgan fingerprint density at radius 1 is 0.528 bits per heavy atom. The predicted octanol–water partition coefficient (Wildman–Crippen LogP) is 8.23. The first-order chi connectivity index (χ1) is 17.2. The third-order valence-electron chi connectivity index (χ3n) is 6.14. The first-order valence-electron chi connectivity index (χ1n) is 10.7. The van der Waals surface area contributed by atoms with Crippen LogP contribution in [0.2, 0.25) is 0 Å². The largest absolute Gasteiger partial charge is 0.497 e. The lowest BCUT2D eigenvalue weighted by Gasteiger charge is -2.19. The van der Waals surface area contributed by atoms with Gasteiger partial charge in [0.15, 0.2) is 11.6 Å². The van der Waals surface area contributed by atoms with Crippen LogP contribution in [0.1, 0.15) is 11.1 Å². The van der Waals surface area contributed by atoms with Crippen LogP contribution in [-0.4, -0.2) is 7.11 Å². The molecule has 0 fully saturated rings. The van der Waals surface area contributed by atoms with Gasteiger partial charge in [-0.05, 0) is 63.5 Å². The zero-order valence-electron chi connectivity index (χ0n) is 18.5. The summed E-state index contributed by atoms with van der Waals surface area (Å²) >= 11 is 0. The molecule has 5 aromatic carbocycles. The van der Waals surface area contributed by atoms with Crippen LogP contribution in [0.5, 0.6) is 5.75 Å². The van der Waals surface area contributed by atoms with Gasteiger partial charge in [0, 0.05) is 41.3 Å². The van der Waals surface area contributed by atoms with E-state index in [1.165, 1.54) is 13.2 Å². The van der Waals surface area contributed by atoms with Crippen molar-refractivity contribution in [1.82, 2.24) is 0 Å². The van der Waals surface area contributed by atoms with Crippen molar-refractivity contribution < 1.29 is 35.5 Å². The molecule has 0 saturated heterocycles. The average molecular weight is 500 g/mol. The standard InChI is InChI=1S/C28H15F7O/c1-36-15-8-24(32)22(25(33)9-15)10-19-18-6-13(29)2-4-16(18)28(17-5-3-14(30)7-23(17)31)21-12-27(35)26(34)11-20(19)21/h2-9,11-12H,10H2,1H3. The van der Waals surface area contributed by atoms with Crippen molar-refractivity contribution in [2.75, 3.05) is 7.11 Å². The van der Waals surface area contributed by atoms with Gasteiger partial charge in [0.25, 0.3) is 0 Å². The second-order valence-electron chi connectivity index (χ2n) is 8.23. The summed E-state index contributed by atoms with van der Waals surface area (Å²) in [5.74, 6) is -7.04. The van der Waals surface area contributed by atoms with Gasteiger partial charge in [0.2, 0.25) is 0 Å². The Hall–Kier alpha value is -4.07. The fourth-order valence-corrected chi connectivity index (χ4v) is 4.49. The number of ether oxygens (including phenoxy) is 1. The van der Waals surface area contributed by atoms with Crippen molar-refractivity contribution >= 4 is 21.5 Å². The Labute approximate surface area is 200 Å². The zero-order valence-corrected chi connectivity index (χ0v) is 18.5. The summed E-state index contributed by atoms with van der Waals surface area (Å²) in [6, 6.07) is 9.77. The van der Waals surface area contributed by atoms with Crippen molar-refractivity contribution in [2.24, 2.45) is 0 Å². The smallest absolute Gasteiger partial charge is 0.159 e. The molecule has 0 aliphatic heterocycles. The molecular weight excluding hydrogens is 485 g/mol. The van der Waals surface area contributed by atoms with Crippen molar-refractivity contribution in [1.29, 1.82) is 0 Å². The number of hydrogen-bond acceptors (Lipinski definition) is 1. The molecule has 0 heterocycles. The van der Waals surface area contributed by atoms with Crippen LogP contribution in [0, 0.1) is 40.7 Å². The molecule has 182 valence electrons. The first-order valence-corrected chi connectivity index (χ1v) is 10.7. The minimum Gasteiger partial charge on any atom is -0.497 e. The van der Waals surface area contributed by atoms with Crippen LogP contribution < -0.4 is 4.74 Å². The third kappa shape index (κ3) is 3.92. The lowest BCUT2D eigenvalue weighted by atomic mass is 9.85. The molecule has 5 aromatic rings. The van der Waals surface area contributed by atoms with Gasteiger partial charge in [-0.25, -0.2) is 30.7 Å². The van der Waals surface area contributed by atoms with E-state index in [2.05, 4.69) is 0 Å². The van der Waals surface area contributed by atoms with E-state index >= 15 is 0 Å². The van der Waals surface area contributed by atoms with E-state index in [0.29, 0.717) is 6.07 Å². The van der Waals surface area contributed by atoms with Crippen molar-refractivity contribution in [3.63, 3.8) is 0 Å². The molecule has 0 N–H and O–H groups in total. The summed E-state index contributed by atoms with van der Waals surface area (Å²) in [5, 5.41) is 0.287. The molecule has 0 spiro atoms. The Bertz CT molecular complexity index is 1650. The van der Waals surface area contributed by atoms with E-state index in [0.717, 1.165) is 48.5 Å². The second kappa shape index (κ2) is 8.86. The first kappa shape index (κ1) is 23.7. The van der Waals surface area contributed by atoms with Gasteiger partial charge in [-0.1, -0.05) is 6.07 Å². The molecule has 0 atom stereocenters. The minimum atomic E-state index is -1.26. The van der Waals surface area contributed by atoms with Gasteiger partial charge in [-0.2, -0.15) is 0 Å². The molecule has 0 saturated carbocycles. The van der Waals surface area contributed by atoms with Gasteiger partial charge in [0.05, 0.1) is 7.11 Å². The number of rotatable bonds is 4. The van der Waals surface area contributed by atoms with Crippen LogP contribution in [0.15, 0.2) is 60.7 Å². The van der Waals surface area contributed by atoms with Gasteiger partial charge in [-0.3, -0.25) is 0 Å². The maximum Gasteiger partial charge on any atom is 0.159 e. The lowest BCUT2D eigenvalue weighted by Crippen LogP contribution is -2.03. The van der Waals surface area contributed by atoms with Gasteiger partial charge >= 0.3 is 0 Å². The van der Waals surface area contributed by atoms with Crippen molar-refractivity contribution in [2.45, 2.75) is 6.42 Å². The molecule has 0 unspecified atom stereocenters. The highest BCUT2D eigenvalue weighted by Gasteiger charge is 2.23. The van der Waals surface area contributed by atoms with E-state index in [-0.39, 0.29) is 44.0 Å². The number of halogens is 7. The quantitative estimate of drug-likeness (QED) is 0.178. The number of methoxy groups -OCH3 is 1. The monoisotopic (exact) mass is 500 g/mol. The lowest BCUT2D eigenvalue weighted by molar-refractivity contribution is 0.405. The average Bonchev–Trinajstić information content (AvgIpc) is 2.82. The molecule has 0 aliphatic carbocycles. The number of benzene rings is 5. The Morgan fingerprint density at radius 2 is 1.11 bits per heavy atom. The highest BCUT2D eigenvalue weighted by atomic mass is 19.2. The maximum atomic E-state index is 14.9. The normalized spacial score (nSPS) is 11.4. The molecule has 0 aromatic heterocycles. The molecular formula is C28H15F7O. The molecule has 0 bridgehead atoms. The second-order valence-corrected chi connectivity index (χ2v) is 8.23. The summed E-state index contributed by atoms with van der Waals surface area (Å²) < 4.78 is 106. The number of hydrogen-bond donors (Lipinski definition) is 0. The third-order valence-corrected chi connectivity index (χ3v) is 6.14. The maximum absolute atomic E-state index is 14.9. The highest BCUT2D eigenvalue weighted by molar-refractivity contribution is 6.15. The van der Waals surface area contributed by atoms with E-state index in [9.17, 15) is 30.7 Å². The Balaban J connectivity index is 1.92. The molecule has 0 amide bonds. The molecule has 1 nitrogen and oxygen atoms in total. The summed E-state index contributed by atoms with van der Waals surface area (Å²) in [6.07, 6.45) is -0.463. The zero-order chi connectivity index (χ0) is 25.7. The Kier molecular flexibility index (Phi) is 5.82. The summed E-state index contributed by atoms with van der Waals surface area (Å²) in [4.78, 5) is 0. The van der Waals surface area contributed by atoms with E-state index in [1.807, 2.05) is 0 Å².